The number of ketones is 4. The molecule has 0 aliphatic carbocycles. The Morgan fingerprint density at radius 3 is 2.13 bits per heavy atom. The Bertz CT molecular complexity index is 3040. The number of aryl methyl sites for hydroxylation is 1. The first-order valence-corrected chi connectivity index (χ1v) is 28.2. The average molecular weight is 1240 g/mol. The fraction of sp³-hybridized carbons (Fsp3) is 0.483. The molecule has 1 saturated heterocycles. The molecule has 5 rings (SSSR count). The Balaban J connectivity index is 1.05. The molecule has 12 atom stereocenters. The first-order valence-electron chi connectivity index (χ1n) is 27.9. The molecule has 1 aromatic heterocycles. The maximum atomic E-state index is 15.1. The van der Waals surface area contributed by atoms with Gasteiger partial charge in [-0.3, -0.25) is 38.5 Å². The molecule has 2 heterocycles. The highest BCUT2D eigenvalue weighted by atomic mass is 35.5. The zero-order valence-electron chi connectivity index (χ0n) is 48.5. The molecule has 474 valence electrons. The predicted octanol–water partition coefficient (Wildman–Crippen LogP) is 1.95. The van der Waals surface area contributed by atoms with Crippen LogP contribution in [0, 0.1) is 30.5 Å². The van der Waals surface area contributed by atoms with Crippen LogP contribution >= 0.6 is 11.6 Å². The summed E-state index contributed by atoms with van der Waals surface area (Å²) >= 11 is 6.08. The standard InChI is InChI=1S/C60H75ClFN5O20/c1-30(2)41(26-47(73)51(76)54(79)56(48(74)27-68)87-59-55(80)53(78)52(77)49(28-69)86-59)58(82)65-32(4)46(72)22-36(23-50(63)75)57(81)66-37-12-8-33(9-13-37)29-84-60(83)67(5)18-6-7-45(71)44-25-40(16-17-64-44)85-39-14-11-35(43(62)24-39)21-38(70)20-34-10-15-42(61)31(3)19-34/h8-17,19,24-25,30,32,36,41,48-49,51-56,59,68-69,74,76-80H,6-7,18,20-23,26-29H2,1-5H3,(H2,63,75)(H,65,82)(H,66,81)/t32?,36?,41?,48-,49-,51+,52+,53+,54+,55-,56+,59+/m1/s1. The normalized spacial score (nSPS) is 19.1. The lowest BCUT2D eigenvalue weighted by molar-refractivity contribution is -0.326. The second kappa shape index (κ2) is 33.2. The number of pyridine rings is 1. The number of aliphatic hydroxyl groups excluding tert-OH is 8. The first kappa shape index (κ1) is 70.6. The summed E-state index contributed by atoms with van der Waals surface area (Å²) in [5.41, 5.74) is 8.06. The van der Waals surface area contributed by atoms with Crippen molar-refractivity contribution < 1.29 is 103 Å². The summed E-state index contributed by atoms with van der Waals surface area (Å²) in [4.78, 5) is 110. The minimum atomic E-state index is -2.40. The van der Waals surface area contributed by atoms with Crippen LogP contribution in [0.25, 0.3) is 0 Å². The molecular weight excluding hydrogens is 1170 g/mol. The fourth-order valence-corrected chi connectivity index (χ4v) is 9.31. The molecule has 3 unspecified atom stereocenters. The van der Waals surface area contributed by atoms with E-state index in [0.717, 1.165) is 17.2 Å². The molecule has 1 fully saturated rings. The second-order valence-corrected chi connectivity index (χ2v) is 22.1. The lowest BCUT2D eigenvalue weighted by Crippen LogP contribution is -2.61. The van der Waals surface area contributed by atoms with Gasteiger partial charge in [0.05, 0.1) is 25.2 Å². The van der Waals surface area contributed by atoms with Crippen molar-refractivity contribution in [2.24, 2.45) is 23.5 Å². The number of rotatable bonds is 33. The summed E-state index contributed by atoms with van der Waals surface area (Å²) < 4.78 is 36.9. The van der Waals surface area contributed by atoms with Crippen molar-refractivity contribution in [3.63, 3.8) is 0 Å². The van der Waals surface area contributed by atoms with Crippen molar-refractivity contribution >= 4 is 64.2 Å². The van der Waals surface area contributed by atoms with Crippen LogP contribution in [0.4, 0.5) is 14.9 Å². The maximum absolute atomic E-state index is 15.1. The van der Waals surface area contributed by atoms with E-state index in [1.165, 1.54) is 61.5 Å². The van der Waals surface area contributed by atoms with Gasteiger partial charge >= 0.3 is 6.09 Å². The quantitative estimate of drug-likeness (QED) is 0.0304. The van der Waals surface area contributed by atoms with E-state index in [9.17, 15) is 79.2 Å². The number of hydrogen-bond donors (Lipinski definition) is 11. The van der Waals surface area contributed by atoms with E-state index in [0.29, 0.717) is 10.6 Å². The van der Waals surface area contributed by atoms with Crippen LogP contribution in [0.3, 0.4) is 0 Å². The molecule has 25 nitrogen and oxygen atoms in total. The Labute approximate surface area is 505 Å². The number of primary amides is 1. The van der Waals surface area contributed by atoms with Gasteiger partial charge in [0.2, 0.25) is 17.7 Å². The van der Waals surface area contributed by atoms with Crippen molar-refractivity contribution in [2.75, 3.05) is 32.1 Å². The largest absolute Gasteiger partial charge is 0.457 e. The Kier molecular flexibility index (Phi) is 26.9. The monoisotopic (exact) mass is 1240 g/mol. The number of hydrogen-bond acceptors (Lipinski definition) is 21. The number of nitrogens with zero attached hydrogens (tertiary/aromatic N) is 2. The number of carbonyl (C=O) groups excluding carboxylic acids is 8. The summed E-state index contributed by atoms with van der Waals surface area (Å²) in [6, 6.07) is 17.1. The molecule has 87 heavy (non-hydrogen) atoms. The van der Waals surface area contributed by atoms with Gasteiger partial charge in [0, 0.05) is 87.1 Å². The third-order valence-electron chi connectivity index (χ3n) is 14.4. The van der Waals surface area contributed by atoms with E-state index in [-0.39, 0.29) is 78.8 Å². The summed E-state index contributed by atoms with van der Waals surface area (Å²) in [7, 11) is 1.48. The average Bonchev–Trinajstić information content (AvgIpc) is 2.27. The van der Waals surface area contributed by atoms with Gasteiger partial charge in [0.15, 0.2) is 23.6 Å². The molecular formula is C60H75ClFN5O20. The lowest BCUT2D eigenvalue weighted by Gasteiger charge is -2.42. The third-order valence-corrected chi connectivity index (χ3v) is 14.9. The molecule has 3 aromatic carbocycles. The molecule has 0 saturated carbocycles. The highest BCUT2D eigenvalue weighted by Gasteiger charge is 2.48. The summed E-state index contributed by atoms with van der Waals surface area (Å²) in [6.07, 6.45) is -19.1. The van der Waals surface area contributed by atoms with Gasteiger partial charge in [-0.2, -0.15) is 0 Å². The zero-order chi connectivity index (χ0) is 64.4. The SMILES string of the molecule is Cc1cc(CC(=O)Cc2ccc(Oc3ccnc(C(=O)CCCN(C)C(=O)OCc4ccc(NC(=O)C(CC(N)=O)CC(=O)C(C)NC(=O)C(CC(=O)[C@H](O)[C@H](O)[C@@H](O[C@@H]5O[C@H](CO)[C@H](O)[C@H](O)[C@H]5O)[C@H](O)CO)C(C)C)cc4)c3)cc2F)ccc1Cl. The molecule has 0 radical (unpaired) electrons. The van der Waals surface area contributed by atoms with Gasteiger partial charge in [0.25, 0.3) is 0 Å². The summed E-state index contributed by atoms with van der Waals surface area (Å²) in [5, 5.41) is 87.7. The number of halogens is 2. The van der Waals surface area contributed by atoms with Crippen molar-refractivity contribution in [1.29, 1.82) is 0 Å². The third kappa shape index (κ3) is 20.7. The number of nitrogens with two attached hydrogens (primary N) is 1. The molecule has 4 aromatic rings. The van der Waals surface area contributed by atoms with E-state index >= 15 is 4.39 Å². The fourth-order valence-electron chi connectivity index (χ4n) is 9.19. The minimum Gasteiger partial charge on any atom is -0.457 e. The smallest absolute Gasteiger partial charge is 0.409 e. The number of aliphatic hydroxyl groups is 8. The van der Waals surface area contributed by atoms with Crippen LogP contribution in [0.2, 0.25) is 5.02 Å². The molecule has 1 aliphatic rings. The molecule has 27 heteroatoms. The predicted molar refractivity (Wildman–Crippen MR) is 307 cm³/mol. The zero-order valence-corrected chi connectivity index (χ0v) is 49.2. The van der Waals surface area contributed by atoms with Gasteiger partial charge in [-0.15, -0.1) is 0 Å². The number of Topliss-reactive ketones (excluding diaryl/α,β-unsaturated/α-hetero) is 4. The van der Waals surface area contributed by atoms with Gasteiger partial charge in [-0.1, -0.05) is 55.8 Å². The summed E-state index contributed by atoms with van der Waals surface area (Å²) in [6.45, 7) is 4.19. The second-order valence-electron chi connectivity index (χ2n) is 21.7. The highest BCUT2D eigenvalue weighted by molar-refractivity contribution is 6.31. The van der Waals surface area contributed by atoms with Crippen LogP contribution in [0.5, 0.6) is 11.5 Å². The Morgan fingerprint density at radius 2 is 1.49 bits per heavy atom. The van der Waals surface area contributed by atoms with E-state index in [1.807, 2.05) is 13.0 Å². The number of ether oxygens (including phenoxy) is 4. The van der Waals surface area contributed by atoms with E-state index in [4.69, 9.17) is 36.3 Å². The number of amides is 4. The van der Waals surface area contributed by atoms with Gasteiger partial charge in [-0.05, 0) is 78.8 Å². The number of carbonyl (C=O) groups is 8. The van der Waals surface area contributed by atoms with E-state index in [2.05, 4.69) is 15.6 Å². The number of anilines is 1. The topological polar surface area (TPSA) is 402 Å². The molecule has 12 N–H and O–H groups in total. The number of nitrogens with one attached hydrogen (secondary N) is 2. The molecule has 0 bridgehead atoms. The van der Waals surface area contributed by atoms with Crippen LogP contribution in [-0.2, 0) is 62.4 Å². The van der Waals surface area contributed by atoms with Crippen molar-refractivity contribution in [3.8, 4) is 11.5 Å². The Hall–Kier alpha value is -7.21. The van der Waals surface area contributed by atoms with Crippen LogP contribution in [-0.4, -0.2) is 186 Å². The van der Waals surface area contributed by atoms with E-state index < -0.39 is 153 Å². The van der Waals surface area contributed by atoms with Crippen LogP contribution < -0.4 is 21.1 Å². The highest BCUT2D eigenvalue weighted by Crippen LogP contribution is 2.29. The molecule has 1 aliphatic heterocycles. The van der Waals surface area contributed by atoms with Crippen LogP contribution in [0.15, 0.2) is 79.0 Å². The number of benzene rings is 3. The van der Waals surface area contributed by atoms with Crippen molar-refractivity contribution in [2.45, 2.75) is 140 Å². The van der Waals surface area contributed by atoms with E-state index in [1.54, 1.807) is 38.1 Å². The maximum Gasteiger partial charge on any atom is 0.409 e. The Morgan fingerprint density at radius 1 is 0.816 bits per heavy atom. The van der Waals surface area contributed by atoms with Gasteiger partial charge in [0.1, 0.15) is 84.2 Å². The van der Waals surface area contributed by atoms with Gasteiger partial charge in [-0.25, -0.2) is 9.18 Å². The summed E-state index contributed by atoms with van der Waals surface area (Å²) in [5.74, 6) is -8.42. The number of aromatic nitrogens is 1. The van der Waals surface area contributed by atoms with Crippen LogP contribution in [0.1, 0.15) is 85.6 Å². The van der Waals surface area contributed by atoms with Gasteiger partial charge < -0.3 is 81.1 Å². The molecule has 4 amide bonds. The minimum absolute atomic E-state index is 0.00568. The van der Waals surface area contributed by atoms with Crippen molar-refractivity contribution in [3.05, 3.63) is 118 Å². The van der Waals surface area contributed by atoms with Crippen molar-refractivity contribution in [1.82, 2.24) is 15.2 Å². The molecule has 0 spiro atoms. The lowest BCUT2D eigenvalue weighted by atomic mass is 9.86. The first-order chi connectivity index (χ1) is 41.1.